The molecule has 3 rings (SSSR count). The fraction of sp³-hybridized carbons (Fsp3) is 0.118. The van der Waals surface area contributed by atoms with E-state index in [1.165, 1.54) is 19.4 Å². The molecule has 0 aliphatic carbocycles. The lowest BCUT2D eigenvalue weighted by molar-refractivity contribution is -0.199. The predicted molar refractivity (Wildman–Crippen MR) is 95.6 cm³/mol. The van der Waals surface area contributed by atoms with Crippen LogP contribution in [-0.4, -0.2) is 34.9 Å². The van der Waals surface area contributed by atoms with Gasteiger partial charge in [-0.3, -0.25) is 4.79 Å². The molecule has 28 heavy (non-hydrogen) atoms. The van der Waals surface area contributed by atoms with E-state index in [1.807, 2.05) is 0 Å². The molecular weight excluding hydrogens is 447 g/mol. The summed E-state index contributed by atoms with van der Waals surface area (Å²) in [5, 5.41) is 0.298. The number of carbonyl (C=O) groups excluding carboxylic acids is 2. The fourth-order valence-electron chi connectivity index (χ4n) is 2.62. The van der Waals surface area contributed by atoms with Crippen LogP contribution in [0.4, 0.5) is 13.2 Å². The average molecular weight is 458 g/mol. The number of primary amides is 1. The predicted octanol–water partition coefficient (Wildman–Crippen LogP) is 3.09. The van der Waals surface area contributed by atoms with Gasteiger partial charge in [0.2, 0.25) is 5.88 Å². The summed E-state index contributed by atoms with van der Waals surface area (Å²) < 4.78 is 43.7. The van der Waals surface area contributed by atoms with Gasteiger partial charge < -0.3 is 15.3 Å². The Hall–Kier alpha value is -3.08. The molecule has 0 saturated carbocycles. The summed E-state index contributed by atoms with van der Waals surface area (Å²) >= 11 is 3.19. The summed E-state index contributed by atoms with van der Waals surface area (Å²) in [5.41, 5.74) is 6.18. The van der Waals surface area contributed by atoms with Gasteiger partial charge in [-0.25, -0.2) is 9.78 Å². The molecule has 0 atom stereocenters. The summed E-state index contributed by atoms with van der Waals surface area (Å²) in [6.45, 7) is 0. The maximum absolute atomic E-state index is 12.6. The second-order valence-corrected chi connectivity index (χ2v) is 6.38. The van der Waals surface area contributed by atoms with E-state index >= 15 is 0 Å². The van der Waals surface area contributed by atoms with Gasteiger partial charge in [-0.1, -0.05) is 0 Å². The first-order valence-electron chi connectivity index (χ1n) is 7.56. The van der Waals surface area contributed by atoms with Crippen LogP contribution in [0.3, 0.4) is 0 Å². The summed E-state index contributed by atoms with van der Waals surface area (Å²) in [4.78, 5) is 31.6. The number of fused-ring (bicyclic) bond motifs is 1. The van der Waals surface area contributed by atoms with Gasteiger partial charge in [-0.05, 0) is 45.8 Å². The van der Waals surface area contributed by atoms with Crippen LogP contribution in [0.5, 0.6) is 5.88 Å². The summed E-state index contributed by atoms with van der Waals surface area (Å²) in [7, 11) is 1.42. The van der Waals surface area contributed by atoms with Crippen molar-refractivity contribution in [2.75, 3.05) is 7.11 Å². The van der Waals surface area contributed by atoms with Crippen molar-refractivity contribution in [3.05, 3.63) is 46.7 Å². The highest BCUT2D eigenvalue weighted by Crippen LogP contribution is 2.36. The normalized spacial score (nSPS) is 11.5. The van der Waals surface area contributed by atoms with Crippen LogP contribution >= 0.6 is 15.9 Å². The number of amides is 1. The van der Waals surface area contributed by atoms with Gasteiger partial charge in [0.25, 0.3) is 5.91 Å². The van der Waals surface area contributed by atoms with E-state index in [4.69, 9.17) is 10.5 Å². The number of pyridine rings is 1. The molecule has 2 aromatic heterocycles. The minimum Gasteiger partial charge on any atom is -0.481 e. The molecule has 0 saturated heterocycles. The molecule has 0 fully saturated rings. The third kappa shape index (κ3) is 3.52. The van der Waals surface area contributed by atoms with Crippen LogP contribution in [-0.2, 0) is 4.79 Å². The fourth-order valence-corrected chi connectivity index (χ4v) is 3.11. The molecule has 146 valence electrons. The molecule has 0 aliphatic heterocycles. The number of hydrogen-bond donors (Lipinski definition) is 1. The highest BCUT2D eigenvalue weighted by Gasteiger charge is 2.42. The van der Waals surface area contributed by atoms with Crippen molar-refractivity contribution in [1.82, 2.24) is 9.71 Å². The van der Waals surface area contributed by atoms with Crippen molar-refractivity contribution in [2.45, 2.75) is 6.18 Å². The Bertz CT molecular complexity index is 1100. The highest BCUT2D eigenvalue weighted by molar-refractivity contribution is 9.10. The van der Waals surface area contributed by atoms with Crippen LogP contribution < -0.4 is 15.3 Å². The van der Waals surface area contributed by atoms with Crippen LogP contribution in [0.15, 0.2) is 41.1 Å². The number of hydrogen-bond acceptors (Lipinski definition) is 5. The number of benzene rings is 1. The first-order valence-corrected chi connectivity index (χ1v) is 8.36. The number of aromatic nitrogens is 2. The number of rotatable bonds is 4. The minimum absolute atomic E-state index is 0.0939. The molecule has 3 aromatic rings. The smallest absolute Gasteiger partial charge is 0.481 e. The van der Waals surface area contributed by atoms with E-state index in [0.717, 1.165) is 6.20 Å². The molecule has 0 spiro atoms. The minimum atomic E-state index is -5.21. The Morgan fingerprint density at radius 1 is 1.29 bits per heavy atom. The first kappa shape index (κ1) is 19.7. The van der Waals surface area contributed by atoms with Crippen LogP contribution in [0.2, 0.25) is 0 Å². The van der Waals surface area contributed by atoms with Crippen molar-refractivity contribution in [3.8, 4) is 17.0 Å². The molecule has 0 radical (unpaired) electrons. The van der Waals surface area contributed by atoms with E-state index in [0.29, 0.717) is 21.2 Å². The maximum Gasteiger partial charge on any atom is 0.493 e. The van der Waals surface area contributed by atoms with Crippen molar-refractivity contribution >= 4 is 38.7 Å². The molecule has 0 aliphatic rings. The number of nitrogens with two attached hydrogens (primary N) is 1. The van der Waals surface area contributed by atoms with Crippen molar-refractivity contribution < 1.29 is 32.3 Å². The number of halogens is 4. The van der Waals surface area contributed by atoms with Gasteiger partial charge in [-0.2, -0.15) is 17.9 Å². The molecule has 7 nitrogen and oxygen atoms in total. The number of carbonyl (C=O) groups is 2. The van der Waals surface area contributed by atoms with Gasteiger partial charge >= 0.3 is 12.1 Å². The third-order valence-electron chi connectivity index (χ3n) is 3.77. The lowest BCUT2D eigenvalue weighted by Gasteiger charge is -2.12. The van der Waals surface area contributed by atoms with E-state index in [-0.39, 0.29) is 21.4 Å². The monoisotopic (exact) mass is 457 g/mol. The van der Waals surface area contributed by atoms with E-state index in [1.54, 1.807) is 18.2 Å². The standard InChI is InChI=1S/C17H11BrF3N3O4/c1-27-15-9(3-2-4-23-15)8-5-10-12(18)7-24(28-16(26)17(19,20)21)13(10)11(6-8)14(22)25/h2-7H,1H3,(H2,22,25). The Morgan fingerprint density at radius 3 is 2.61 bits per heavy atom. The Labute approximate surface area is 163 Å². The van der Waals surface area contributed by atoms with Crippen molar-refractivity contribution in [2.24, 2.45) is 5.73 Å². The SMILES string of the molecule is COc1ncccc1-c1cc(C(N)=O)c2c(c1)c(Br)cn2OC(=O)C(F)(F)F. The molecule has 2 heterocycles. The summed E-state index contributed by atoms with van der Waals surface area (Å²) in [6, 6.07) is 6.27. The first-order chi connectivity index (χ1) is 13.1. The average Bonchev–Trinajstić information content (AvgIpc) is 2.95. The van der Waals surface area contributed by atoms with Gasteiger partial charge in [0.05, 0.1) is 18.9 Å². The number of methoxy groups -OCH3 is 1. The van der Waals surface area contributed by atoms with Crippen molar-refractivity contribution in [3.63, 3.8) is 0 Å². The summed E-state index contributed by atoms with van der Waals surface area (Å²) in [6.07, 6.45) is -2.61. The van der Waals surface area contributed by atoms with E-state index < -0.39 is 18.1 Å². The Balaban J connectivity index is 2.25. The second-order valence-electron chi connectivity index (χ2n) is 5.52. The molecular formula is C17H11BrF3N3O4. The highest BCUT2D eigenvalue weighted by atomic mass is 79.9. The zero-order chi connectivity index (χ0) is 20.6. The van der Waals surface area contributed by atoms with Gasteiger partial charge in [0.15, 0.2) is 0 Å². The van der Waals surface area contributed by atoms with Crippen molar-refractivity contribution in [1.29, 1.82) is 0 Å². The van der Waals surface area contributed by atoms with Crippen LogP contribution in [0.1, 0.15) is 10.4 Å². The quantitative estimate of drug-likeness (QED) is 0.649. The molecule has 0 unspecified atom stereocenters. The summed E-state index contributed by atoms with van der Waals surface area (Å²) in [5.74, 6) is -3.09. The second kappa shape index (κ2) is 7.15. The van der Waals surface area contributed by atoms with Gasteiger partial charge in [0, 0.05) is 21.6 Å². The number of alkyl halides is 3. The third-order valence-corrected chi connectivity index (χ3v) is 4.40. The molecule has 2 N–H and O–H groups in total. The maximum atomic E-state index is 12.6. The zero-order valence-corrected chi connectivity index (χ0v) is 15.7. The molecule has 11 heteroatoms. The lowest BCUT2D eigenvalue weighted by Crippen LogP contribution is -2.33. The Kier molecular flexibility index (Phi) is 5.02. The largest absolute Gasteiger partial charge is 0.493 e. The Morgan fingerprint density at radius 2 is 2.00 bits per heavy atom. The van der Waals surface area contributed by atoms with Crippen LogP contribution in [0, 0.1) is 0 Å². The van der Waals surface area contributed by atoms with E-state index in [9.17, 15) is 22.8 Å². The van der Waals surface area contributed by atoms with Gasteiger partial charge in [0.1, 0.15) is 5.52 Å². The topological polar surface area (TPSA) is 96.4 Å². The molecule has 1 amide bonds. The van der Waals surface area contributed by atoms with Crippen LogP contribution in [0.25, 0.3) is 22.0 Å². The van der Waals surface area contributed by atoms with Gasteiger partial charge in [-0.15, -0.1) is 0 Å². The molecule has 0 bridgehead atoms. The molecule has 1 aromatic carbocycles. The number of ether oxygens (including phenoxy) is 1. The lowest BCUT2D eigenvalue weighted by atomic mass is 10.0. The van der Waals surface area contributed by atoms with E-state index in [2.05, 4.69) is 25.8 Å². The number of nitrogens with zero attached hydrogens (tertiary/aromatic N) is 2. The zero-order valence-electron chi connectivity index (χ0n) is 14.1.